The van der Waals surface area contributed by atoms with Gasteiger partial charge < -0.3 is 15.0 Å². The Morgan fingerprint density at radius 1 is 1.35 bits per heavy atom. The van der Waals surface area contributed by atoms with Gasteiger partial charge in [-0.05, 0) is 18.1 Å². The standard InChI is InChI=1S/C17H22N4O2/c1-13-18-8-16(19-13)11-21(6-7-22)17(23)12-20-9-14-4-2-3-5-15(14)10-20/h2-5,8,22H,6-7,9-12H2,1H3,(H,18,19). The van der Waals surface area contributed by atoms with Gasteiger partial charge in [0.15, 0.2) is 0 Å². The van der Waals surface area contributed by atoms with Crippen LogP contribution in [0.3, 0.4) is 0 Å². The summed E-state index contributed by atoms with van der Waals surface area (Å²) in [5.74, 6) is 0.852. The predicted octanol–water partition coefficient (Wildman–Crippen LogP) is 1.05. The van der Waals surface area contributed by atoms with Crippen molar-refractivity contribution in [2.24, 2.45) is 0 Å². The average Bonchev–Trinajstić information content (AvgIpc) is 3.12. The van der Waals surface area contributed by atoms with Crippen molar-refractivity contribution in [3.8, 4) is 0 Å². The maximum Gasteiger partial charge on any atom is 0.237 e. The molecular formula is C17H22N4O2. The van der Waals surface area contributed by atoms with E-state index in [-0.39, 0.29) is 12.5 Å². The number of hydrogen-bond donors (Lipinski definition) is 2. The average molecular weight is 314 g/mol. The Morgan fingerprint density at radius 2 is 2.04 bits per heavy atom. The zero-order chi connectivity index (χ0) is 16.2. The molecule has 0 unspecified atom stereocenters. The second-order valence-electron chi connectivity index (χ2n) is 5.95. The van der Waals surface area contributed by atoms with E-state index in [1.54, 1.807) is 11.1 Å². The number of nitrogens with one attached hydrogen (secondary N) is 1. The third-order valence-corrected chi connectivity index (χ3v) is 4.10. The minimum absolute atomic E-state index is 0.0270. The van der Waals surface area contributed by atoms with Crippen LogP contribution in [-0.2, 0) is 24.4 Å². The molecule has 1 aromatic heterocycles. The number of H-pyrrole nitrogens is 1. The Bertz CT molecular complexity index is 658. The maximum atomic E-state index is 12.6. The van der Waals surface area contributed by atoms with Gasteiger partial charge in [-0.3, -0.25) is 9.69 Å². The fourth-order valence-electron chi connectivity index (χ4n) is 2.98. The predicted molar refractivity (Wildman–Crippen MR) is 86.4 cm³/mol. The van der Waals surface area contributed by atoms with Gasteiger partial charge in [0.1, 0.15) is 5.82 Å². The molecule has 6 heteroatoms. The lowest BCUT2D eigenvalue weighted by Gasteiger charge is -2.24. The number of hydrogen-bond acceptors (Lipinski definition) is 4. The number of aliphatic hydroxyl groups excluding tert-OH is 1. The summed E-state index contributed by atoms with van der Waals surface area (Å²) in [6.45, 7) is 4.58. The molecule has 0 fully saturated rings. The summed E-state index contributed by atoms with van der Waals surface area (Å²) < 4.78 is 0. The summed E-state index contributed by atoms with van der Waals surface area (Å²) in [6.07, 6.45) is 1.73. The van der Waals surface area contributed by atoms with E-state index in [0.717, 1.165) is 24.6 Å². The van der Waals surface area contributed by atoms with Crippen molar-refractivity contribution in [2.75, 3.05) is 19.7 Å². The molecule has 0 atom stereocenters. The van der Waals surface area contributed by atoms with Gasteiger partial charge in [0.25, 0.3) is 0 Å². The molecule has 6 nitrogen and oxygen atoms in total. The Hall–Kier alpha value is -2.18. The first-order chi connectivity index (χ1) is 11.2. The molecule has 1 amide bonds. The van der Waals surface area contributed by atoms with Crippen LogP contribution in [0.25, 0.3) is 0 Å². The normalized spacial score (nSPS) is 14.0. The highest BCUT2D eigenvalue weighted by atomic mass is 16.3. The molecular weight excluding hydrogens is 292 g/mol. The molecule has 23 heavy (non-hydrogen) atoms. The van der Waals surface area contributed by atoms with Crippen molar-refractivity contribution in [2.45, 2.75) is 26.6 Å². The van der Waals surface area contributed by atoms with Crippen LogP contribution in [-0.4, -0.2) is 50.5 Å². The number of benzene rings is 1. The molecule has 1 aliphatic heterocycles. The molecule has 3 rings (SSSR count). The largest absolute Gasteiger partial charge is 0.395 e. The fourth-order valence-corrected chi connectivity index (χ4v) is 2.98. The first kappa shape index (κ1) is 15.7. The zero-order valence-corrected chi connectivity index (χ0v) is 13.3. The third-order valence-electron chi connectivity index (χ3n) is 4.10. The van der Waals surface area contributed by atoms with Gasteiger partial charge in [0.2, 0.25) is 5.91 Å². The number of rotatable bonds is 6. The number of carbonyl (C=O) groups excluding carboxylic acids is 1. The van der Waals surface area contributed by atoms with Gasteiger partial charge in [0, 0.05) is 19.6 Å². The fraction of sp³-hybridized carbons (Fsp3) is 0.412. The van der Waals surface area contributed by atoms with E-state index in [9.17, 15) is 9.90 Å². The van der Waals surface area contributed by atoms with E-state index in [2.05, 4.69) is 27.0 Å². The summed E-state index contributed by atoms with van der Waals surface area (Å²) >= 11 is 0. The van der Waals surface area contributed by atoms with Crippen LogP contribution in [0.4, 0.5) is 0 Å². The summed E-state index contributed by atoms with van der Waals surface area (Å²) in [5.41, 5.74) is 3.46. The molecule has 2 heterocycles. The molecule has 1 aliphatic rings. The Kier molecular flexibility index (Phi) is 4.73. The van der Waals surface area contributed by atoms with Gasteiger partial charge in [0.05, 0.1) is 31.6 Å². The highest BCUT2D eigenvalue weighted by Crippen LogP contribution is 2.22. The minimum atomic E-state index is -0.0426. The Morgan fingerprint density at radius 3 is 2.61 bits per heavy atom. The van der Waals surface area contributed by atoms with Crippen molar-refractivity contribution in [3.05, 3.63) is 53.1 Å². The molecule has 2 aromatic rings. The first-order valence-corrected chi connectivity index (χ1v) is 7.84. The van der Waals surface area contributed by atoms with E-state index in [4.69, 9.17) is 0 Å². The van der Waals surface area contributed by atoms with Crippen molar-refractivity contribution < 1.29 is 9.90 Å². The summed E-state index contributed by atoms with van der Waals surface area (Å²) in [6, 6.07) is 8.28. The highest BCUT2D eigenvalue weighted by molar-refractivity contribution is 5.78. The number of aryl methyl sites for hydroxylation is 1. The number of aromatic amines is 1. The molecule has 0 saturated carbocycles. The second kappa shape index (κ2) is 6.93. The van der Waals surface area contributed by atoms with Crippen LogP contribution < -0.4 is 0 Å². The number of carbonyl (C=O) groups is 1. The van der Waals surface area contributed by atoms with Crippen molar-refractivity contribution >= 4 is 5.91 Å². The molecule has 1 aromatic carbocycles. The SMILES string of the molecule is Cc1ncc(CN(CCO)C(=O)CN2Cc3ccccc3C2)[nH]1. The lowest BCUT2D eigenvalue weighted by atomic mass is 10.1. The van der Waals surface area contributed by atoms with Crippen LogP contribution in [0, 0.1) is 6.92 Å². The zero-order valence-electron chi connectivity index (χ0n) is 13.3. The van der Waals surface area contributed by atoms with Gasteiger partial charge in [-0.2, -0.15) is 0 Å². The minimum Gasteiger partial charge on any atom is -0.395 e. The van der Waals surface area contributed by atoms with E-state index in [1.165, 1.54) is 11.1 Å². The Balaban J connectivity index is 1.61. The van der Waals surface area contributed by atoms with Gasteiger partial charge >= 0.3 is 0 Å². The molecule has 2 N–H and O–H groups in total. The molecule has 0 aliphatic carbocycles. The van der Waals surface area contributed by atoms with Gasteiger partial charge in [-0.25, -0.2) is 4.98 Å². The monoisotopic (exact) mass is 314 g/mol. The molecule has 122 valence electrons. The van der Waals surface area contributed by atoms with Crippen LogP contribution in [0.5, 0.6) is 0 Å². The third kappa shape index (κ3) is 3.78. The molecule has 0 saturated heterocycles. The number of aromatic nitrogens is 2. The maximum absolute atomic E-state index is 12.6. The van der Waals surface area contributed by atoms with E-state index < -0.39 is 0 Å². The van der Waals surface area contributed by atoms with E-state index >= 15 is 0 Å². The lowest BCUT2D eigenvalue weighted by Crippen LogP contribution is -2.39. The van der Waals surface area contributed by atoms with Crippen molar-refractivity contribution in [1.29, 1.82) is 0 Å². The van der Waals surface area contributed by atoms with Gasteiger partial charge in [-0.1, -0.05) is 24.3 Å². The first-order valence-electron chi connectivity index (χ1n) is 7.84. The van der Waals surface area contributed by atoms with Gasteiger partial charge in [-0.15, -0.1) is 0 Å². The van der Waals surface area contributed by atoms with Crippen LogP contribution >= 0.6 is 0 Å². The number of aliphatic hydroxyl groups is 1. The Labute approximate surface area is 135 Å². The van der Waals surface area contributed by atoms with Crippen molar-refractivity contribution in [1.82, 2.24) is 19.8 Å². The number of imidazole rings is 1. The summed E-state index contributed by atoms with van der Waals surface area (Å²) in [7, 11) is 0. The quantitative estimate of drug-likeness (QED) is 0.836. The lowest BCUT2D eigenvalue weighted by molar-refractivity contribution is -0.133. The molecule has 0 radical (unpaired) electrons. The van der Waals surface area contributed by atoms with Crippen LogP contribution in [0.15, 0.2) is 30.5 Å². The second-order valence-corrected chi connectivity index (χ2v) is 5.95. The number of nitrogens with zero attached hydrogens (tertiary/aromatic N) is 3. The highest BCUT2D eigenvalue weighted by Gasteiger charge is 2.23. The topological polar surface area (TPSA) is 72.5 Å². The molecule has 0 spiro atoms. The van der Waals surface area contributed by atoms with Crippen LogP contribution in [0.2, 0.25) is 0 Å². The van der Waals surface area contributed by atoms with E-state index in [0.29, 0.717) is 19.6 Å². The summed E-state index contributed by atoms with van der Waals surface area (Å²) in [5, 5.41) is 9.24. The number of amides is 1. The van der Waals surface area contributed by atoms with Crippen molar-refractivity contribution in [3.63, 3.8) is 0 Å². The summed E-state index contributed by atoms with van der Waals surface area (Å²) in [4.78, 5) is 23.7. The van der Waals surface area contributed by atoms with E-state index in [1.807, 2.05) is 19.1 Å². The number of fused-ring (bicyclic) bond motifs is 1. The smallest absolute Gasteiger partial charge is 0.237 e. The van der Waals surface area contributed by atoms with Crippen LogP contribution in [0.1, 0.15) is 22.6 Å². The molecule has 0 bridgehead atoms.